The SMILES string of the molecule is COc1ccc(N2CCC(=O)NCC2=O)c(OC)c1. The third-order valence-electron chi connectivity index (χ3n) is 2.98. The number of anilines is 1. The van der Waals surface area contributed by atoms with Gasteiger partial charge in [-0.2, -0.15) is 0 Å². The summed E-state index contributed by atoms with van der Waals surface area (Å²) in [5.74, 6) is 0.914. The fourth-order valence-electron chi connectivity index (χ4n) is 1.96. The van der Waals surface area contributed by atoms with Crippen LogP contribution in [-0.4, -0.2) is 39.1 Å². The van der Waals surface area contributed by atoms with Crippen LogP contribution in [0, 0.1) is 0 Å². The maximum absolute atomic E-state index is 12.0. The quantitative estimate of drug-likeness (QED) is 0.866. The summed E-state index contributed by atoms with van der Waals surface area (Å²) in [5.41, 5.74) is 0.643. The zero-order valence-corrected chi connectivity index (χ0v) is 10.9. The van der Waals surface area contributed by atoms with Crippen molar-refractivity contribution in [2.75, 3.05) is 32.2 Å². The van der Waals surface area contributed by atoms with Gasteiger partial charge in [0.15, 0.2) is 0 Å². The number of amides is 2. The van der Waals surface area contributed by atoms with Gasteiger partial charge in [0.1, 0.15) is 11.5 Å². The second-order valence-corrected chi connectivity index (χ2v) is 4.11. The number of rotatable bonds is 3. The molecule has 0 unspecified atom stereocenters. The van der Waals surface area contributed by atoms with Crippen LogP contribution in [0.25, 0.3) is 0 Å². The predicted molar refractivity (Wildman–Crippen MR) is 69.5 cm³/mol. The van der Waals surface area contributed by atoms with E-state index in [1.54, 1.807) is 30.2 Å². The van der Waals surface area contributed by atoms with Crippen LogP contribution in [-0.2, 0) is 9.59 Å². The normalized spacial score (nSPS) is 15.8. The molecule has 6 nitrogen and oxygen atoms in total. The molecule has 1 aliphatic rings. The number of methoxy groups -OCH3 is 2. The van der Waals surface area contributed by atoms with Crippen LogP contribution in [0.3, 0.4) is 0 Å². The van der Waals surface area contributed by atoms with Gasteiger partial charge in [0.25, 0.3) is 0 Å². The van der Waals surface area contributed by atoms with Gasteiger partial charge in [0.05, 0.1) is 26.5 Å². The molecule has 0 atom stereocenters. The Labute approximate surface area is 111 Å². The van der Waals surface area contributed by atoms with E-state index in [-0.39, 0.29) is 24.8 Å². The van der Waals surface area contributed by atoms with Crippen molar-refractivity contribution in [2.24, 2.45) is 0 Å². The van der Waals surface area contributed by atoms with Crippen LogP contribution < -0.4 is 19.7 Å². The summed E-state index contributed by atoms with van der Waals surface area (Å²) in [5, 5.41) is 2.56. The van der Waals surface area contributed by atoms with Gasteiger partial charge in [-0.25, -0.2) is 0 Å². The molecule has 1 aromatic carbocycles. The second-order valence-electron chi connectivity index (χ2n) is 4.11. The molecule has 2 rings (SSSR count). The first-order valence-corrected chi connectivity index (χ1v) is 5.95. The van der Waals surface area contributed by atoms with Crippen molar-refractivity contribution in [3.63, 3.8) is 0 Å². The highest BCUT2D eigenvalue weighted by molar-refractivity contribution is 6.00. The molecular formula is C13H16N2O4. The molecule has 6 heteroatoms. The molecule has 0 bridgehead atoms. The summed E-state index contributed by atoms with van der Waals surface area (Å²) < 4.78 is 10.4. The Hall–Kier alpha value is -2.24. The molecule has 1 heterocycles. The van der Waals surface area contributed by atoms with E-state index in [0.717, 1.165) is 0 Å². The highest BCUT2D eigenvalue weighted by Gasteiger charge is 2.24. The standard InChI is InChI=1S/C13H16N2O4/c1-18-9-3-4-10(11(7-9)19-2)15-6-5-12(16)14-8-13(15)17/h3-4,7H,5-6,8H2,1-2H3,(H,14,16). The minimum atomic E-state index is -0.158. The molecule has 0 spiro atoms. The zero-order valence-electron chi connectivity index (χ0n) is 10.9. The fourth-order valence-corrected chi connectivity index (χ4v) is 1.96. The lowest BCUT2D eigenvalue weighted by molar-refractivity contribution is -0.123. The smallest absolute Gasteiger partial charge is 0.246 e. The molecule has 0 aromatic heterocycles. The topological polar surface area (TPSA) is 67.9 Å². The molecule has 1 saturated heterocycles. The lowest BCUT2D eigenvalue weighted by Gasteiger charge is -2.22. The maximum atomic E-state index is 12.0. The molecule has 0 radical (unpaired) electrons. The zero-order chi connectivity index (χ0) is 13.8. The summed E-state index contributed by atoms with van der Waals surface area (Å²) in [6, 6.07) is 5.22. The lowest BCUT2D eigenvalue weighted by atomic mass is 10.2. The van der Waals surface area contributed by atoms with Crippen LogP contribution in [0.2, 0.25) is 0 Å². The molecule has 1 fully saturated rings. The van der Waals surface area contributed by atoms with E-state index in [2.05, 4.69) is 5.32 Å². The van der Waals surface area contributed by atoms with Gasteiger partial charge in [0.2, 0.25) is 11.8 Å². The van der Waals surface area contributed by atoms with E-state index in [1.807, 2.05) is 0 Å². The molecule has 0 saturated carbocycles. The van der Waals surface area contributed by atoms with Gasteiger partial charge in [-0.1, -0.05) is 0 Å². The summed E-state index contributed by atoms with van der Waals surface area (Å²) in [7, 11) is 3.10. The van der Waals surface area contributed by atoms with Crippen LogP contribution in [0.4, 0.5) is 5.69 Å². The Kier molecular flexibility index (Phi) is 3.89. The van der Waals surface area contributed by atoms with Crippen LogP contribution in [0.1, 0.15) is 6.42 Å². The molecule has 1 aliphatic heterocycles. The van der Waals surface area contributed by atoms with Crippen molar-refractivity contribution in [2.45, 2.75) is 6.42 Å². The van der Waals surface area contributed by atoms with Gasteiger partial charge in [0, 0.05) is 19.0 Å². The minimum Gasteiger partial charge on any atom is -0.497 e. The second kappa shape index (κ2) is 5.60. The number of carbonyl (C=O) groups is 2. The van der Waals surface area contributed by atoms with Crippen molar-refractivity contribution in [1.29, 1.82) is 0 Å². The van der Waals surface area contributed by atoms with Crippen LogP contribution >= 0.6 is 0 Å². The largest absolute Gasteiger partial charge is 0.497 e. The highest BCUT2D eigenvalue weighted by atomic mass is 16.5. The van der Waals surface area contributed by atoms with Gasteiger partial charge >= 0.3 is 0 Å². The first-order chi connectivity index (χ1) is 9.15. The number of nitrogens with one attached hydrogen (secondary N) is 1. The van der Waals surface area contributed by atoms with E-state index < -0.39 is 0 Å². The van der Waals surface area contributed by atoms with E-state index >= 15 is 0 Å². The number of ether oxygens (including phenoxy) is 2. The van der Waals surface area contributed by atoms with Gasteiger partial charge in [-0.3, -0.25) is 9.59 Å². The molecule has 102 valence electrons. The number of carbonyl (C=O) groups excluding carboxylic acids is 2. The molecule has 19 heavy (non-hydrogen) atoms. The van der Waals surface area contributed by atoms with Gasteiger partial charge in [-0.05, 0) is 12.1 Å². The molecule has 1 N–H and O–H groups in total. The van der Waals surface area contributed by atoms with E-state index in [9.17, 15) is 9.59 Å². The summed E-state index contributed by atoms with van der Waals surface area (Å²) in [6.45, 7) is 0.349. The van der Waals surface area contributed by atoms with Crippen molar-refractivity contribution in [3.05, 3.63) is 18.2 Å². The molecule has 2 amide bonds. The van der Waals surface area contributed by atoms with Gasteiger partial charge in [-0.15, -0.1) is 0 Å². The third-order valence-corrected chi connectivity index (χ3v) is 2.98. The van der Waals surface area contributed by atoms with Crippen molar-refractivity contribution in [3.8, 4) is 11.5 Å². The predicted octanol–water partition coefficient (Wildman–Crippen LogP) is 0.557. The average molecular weight is 264 g/mol. The van der Waals surface area contributed by atoms with Crippen LogP contribution in [0.5, 0.6) is 11.5 Å². The Bertz CT molecular complexity index is 501. The maximum Gasteiger partial charge on any atom is 0.246 e. The van der Waals surface area contributed by atoms with Gasteiger partial charge < -0.3 is 19.7 Å². The van der Waals surface area contributed by atoms with Crippen LogP contribution in [0.15, 0.2) is 18.2 Å². The summed E-state index contributed by atoms with van der Waals surface area (Å²) >= 11 is 0. The fraction of sp³-hybridized carbons (Fsp3) is 0.385. The first kappa shape index (κ1) is 13.2. The summed E-state index contributed by atoms with van der Waals surface area (Å²) in [4.78, 5) is 24.9. The van der Waals surface area contributed by atoms with Crippen molar-refractivity contribution in [1.82, 2.24) is 5.32 Å². The Morgan fingerprint density at radius 1 is 1.21 bits per heavy atom. The van der Waals surface area contributed by atoms with Crippen molar-refractivity contribution < 1.29 is 19.1 Å². The average Bonchev–Trinajstić information content (AvgIpc) is 2.60. The number of nitrogens with zero attached hydrogens (tertiary/aromatic N) is 1. The van der Waals surface area contributed by atoms with E-state index in [1.165, 1.54) is 7.11 Å². The molecular weight excluding hydrogens is 248 g/mol. The number of hydrogen-bond donors (Lipinski definition) is 1. The third kappa shape index (κ3) is 2.78. The first-order valence-electron chi connectivity index (χ1n) is 5.95. The monoisotopic (exact) mass is 264 g/mol. The Morgan fingerprint density at radius 2 is 2.00 bits per heavy atom. The molecule has 1 aromatic rings. The Morgan fingerprint density at radius 3 is 2.68 bits per heavy atom. The van der Waals surface area contributed by atoms with E-state index in [0.29, 0.717) is 23.7 Å². The minimum absolute atomic E-state index is 0.00795. The molecule has 0 aliphatic carbocycles. The summed E-state index contributed by atoms with van der Waals surface area (Å²) in [6.07, 6.45) is 0.279. The van der Waals surface area contributed by atoms with Crippen molar-refractivity contribution >= 4 is 17.5 Å². The number of benzene rings is 1. The highest BCUT2D eigenvalue weighted by Crippen LogP contribution is 2.32. The Balaban J connectivity index is 2.33. The lowest BCUT2D eigenvalue weighted by Crippen LogP contribution is -2.35. The van der Waals surface area contributed by atoms with E-state index in [4.69, 9.17) is 9.47 Å². The number of hydrogen-bond acceptors (Lipinski definition) is 4.